The fourth-order valence-electron chi connectivity index (χ4n) is 1.19. The Balaban J connectivity index is 2.19. The molecule has 1 heterocycles. The van der Waals surface area contributed by atoms with Crippen LogP contribution in [0.5, 0.6) is 0 Å². The smallest absolute Gasteiger partial charge is 0.163 e. The van der Waals surface area contributed by atoms with Crippen LogP contribution in [-0.4, -0.2) is 5.16 Å². The molecular weight excluding hydrogens is 200 g/mol. The van der Waals surface area contributed by atoms with Gasteiger partial charge in [-0.1, -0.05) is 28.9 Å². The van der Waals surface area contributed by atoms with E-state index in [-0.39, 0.29) is 0 Å². The zero-order valence-electron chi connectivity index (χ0n) is 7.40. The summed E-state index contributed by atoms with van der Waals surface area (Å²) in [4.78, 5) is 0. The lowest BCUT2D eigenvalue weighted by atomic mass is 10.1. The predicted molar refractivity (Wildman–Crippen MR) is 55.2 cm³/mol. The average molecular weight is 209 g/mol. The van der Waals surface area contributed by atoms with Crippen LogP contribution in [0.15, 0.2) is 35.0 Å². The van der Waals surface area contributed by atoms with E-state index < -0.39 is 0 Å². The van der Waals surface area contributed by atoms with Gasteiger partial charge in [-0.25, -0.2) is 0 Å². The number of benzene rings is 1. The van der Waals surface area contributed by atoms with Crippen molar-refractivity contribution < 1.29 is 4.52 Å². The summed E-state index contributed by atoms with van der Waals surface area (Å²) in [7, 11) is 0. The minimum Gasteiger partial charge on any atom is -0.395 e. The minimum absolute atomic E-state index is 0.583. The summed E-state index contributed by atoms with van der Waals surface area (Å²) in [5.41, 5.74) is 7.31. The van der Waals surface area contributed by atoms with Gasteiger partial charge in [0.1, 0.15) is 0 Å². The molecule has 2 aromatic rings. The maximum Gasteiger partial charge on any atom is 0.163 e. The first-order chi connectivity index (χ1) is 6.75. The lowest BCUT2D eigenvalue weighted by Gasteiger charge is -1.98. The predicted octanol–water partition coefficient (Wildman–Crippen LogP) is 2.50. The molecule has 0 radical (unpaired) electrons. The van der Waals surface area contributed by atoms with Crippen LogP contribution in [0, 0.1) is 0 Å². The van der Waals surface area contributed by atoms with E-state index in [1.165, 1.54) is 6.20 Å². The van der Waals surface area contributed by atoms with Gasteiger partial charge in [0, 0.05) is 11.4 Å². The average Bonchev–Trinajstić information content (AvgIpc) is 2.56. The third-order valence-corrected chi connectivity index (χ3v) is 2.21. The van der Waals surface area contributed by atoms with Crippen LogP contribution in [0.25, 0.3) is 0 Å². The molecule has 0 saturated heterocycles. The molecule has 0 aliphatic carbocycles. The van der Waals surface area contributed by atoms with Crippen molar-refractivity contribution in [2.75, 3.05) is 5.73 Å². The number of nitrogens with two attached hydrogens (primary N) is 1. The Labute approximate surface area is 86.5 Å². The second-order valence-corrected chi connectivity index (χ2v) is 3.44. The molecule has 0 bridgehead atoms. The Morgan fingerprint density at radius 2 is 2.00 bits per heavy atom. The van der Waals surface area contributed by atoms with Gasteiger partial charge in [-0.05, 0) is 17.7 Å². The van der Waals surface area contributed by atoms with Crippen molar-refractivity contribution in [3.8, 4) is 0 Å². The topological polar surface area (TPSA) is 52.0 Å². The lowest BCUT2D eigenvalue weighted by Crippen LogP contribution is -1.91. The van der Waals surface area contributed by atoms with Crippen molar-refractivity contribution in [1.29, 1.82) is 0 Å². The Morgan fingerprint density at radius 3 is 2.57 bits per heavy atom. The van der Waals surface area contributed by atoms with Gasteiger partial charge in [0.2, 0.25) is 0 Å². The Hall–Kier alpha value is -1.48. The first-order valence-corrected chi connectivity index (χ1v) is 4.57. The van der Waals surface area contributed by atoms with Crippen LogP contribution >= 0.6 is 11.6 Å². The highest BCUT2D eigenvalue weighted by Gasteiger charge is 2.05. The highest BCUT2D eigenvalue weighted by Crippen LogP contribution is 2.17. The summed E-state index contributed by atoms with van der Waals surface area (Å²) in [6, 6.07) is 7.54. The maximum absolute atomic E-state index is 5.76. The normalized spacial score (nSPS) is 10.4. The fourth-order valence-corrected chi connectivity index (χ4v) is 1.32. The molecule has 14 heavy (non-hydrogen) atoms. The number of nitrogen functional groups attached to an aromatic ring is 1. The van der Waals surface area contributed by atoms with Crippen LogP contribution in [0.2, 0.25) is 5.02 Å². The third-order valence-electron chi connectivity index (χ3n) is 1.95. The molecule has 1 aromatic carbocycles. The molecule has 0 aliphatic heterocycles. The van der Waals surface area contributed by atoms with Crippen LogP contribution in [0.4, 0.5) is 5.69 Å². The standard InChI is InChI=1S/C10H9ClN2O/c11-8-3-1-7(2-4-8)5-10-9(12)6-13-14-10/h1-4,6H,5,12H2. The Morgan fingerprint density at radius 1 is 1.29 bits per heavy atom. The van der Waals surface area contributed by atoms with Crippen LogP contribution < -0.4 is 5.73 Å². The molecule has 2 rings (SSSR count). The number of halogens is 1. The van der Waals surface area contributed by atoms with Gasteiger partial charge >= 0.3 is 0 Å². The molecule has 0 saturated carbocycles. The zero-order chi connectivity index (χ0) is 9.97. The van der Waals surface area contributed by atoms with E-state index in [2.05, 4.69) is 5.16 Å². The van der Waals surface area contributed by atoms with E-state index in [0.717, 1.165) is 10.6 Å². The minimum atomic E-state index is 0.583. The molecule has 0 spiro atoms. The summed E-state index contributed by atoms with van der Waals surface area (Å²) in [5.74, 6) is 0.687. The quantitative estimate of drug-likeness (QED) is 0.825. The van der Waals surface area contributed by atoms with Gasteiger partial charge < -0.3 is 10.3 Å². The van der Waals surface area contributed by atoms with E-state index in [4.69, 9.17) is 21.9 Å². The van der Waals surface area contributed by atoms with Gasteiger partial charge in [-0.2, -0.15) is 0 Å². The van der Waals surface area contributed by atoms with Crippen molar-refractivity contribution in [2.24, 2.45) is 0 Å². The highest BCUT2D eigenvalue weighted by atomic mass is 35.5. The van der Waals surface area contributed by atoms with Gasteiger partial charge in [0.25, 0.3) is 0 Å². The van der Waals surface area contributed by atoms with Gasteiger partial charge in [-0.15, -0.1) is 0 Å². The molecule has 2 N–H and O–H groups in total. The molecular formula is C10H9ClN2O. The van der Waals surface area contributed by atoms with Crippen LogP contribution in [0.1, 0.15) is 11.3 Å². The van der Waals surface area contributed by atoms with E-state index in [9.17, 15) is 0 Å². The SMILES string of the molecule is Nc1cnoc1Cc1ccc(Cl)cc1. The second-order valence-electron chi connectivity index (χ2n) is 3.01. The highest BCUT2D eigenvalue weighted by molar-refractivity contribution is 6.30. The lowest BCUT2D eigenvalue weighted by molar-refractivity contribution is 0.390. The fraction of sp³-hybridized carbons (Fsp3) is 0.100. The Bertz CT molecular complexity index is 422. The number of anilines is 1. The number of aromatic nitrogens is 1. The van der Waals surface area contributed by atoms with E-state index in [1.54, 1.807) is 0 Å². The number of nitrogens with zero attached hydrogens (tertiary/aromatic N) is 1. The summed E-state index contributed by atoms with van der Waals surface area (Å²) in [6.07, 6.45) is 2.15. The molecule has 0 fully saturated rings. The third kappa shape index (κ3) is 1.88. The molecule has 4 heteroatoms. The van der Waals surface area contributed by atoms with E-state index in [1.807, 2.05) is 24.3 Å². The van der Waals surface area contributed by atoms with Crippen LogP contribution in [0.3, 0.4) is 0 Å². The Kier molecular flexibility index (Phi) is 2.41. The first-order valence-electron chi connectivity index (χ1n) is 4.19. The molecule has 0 atom stereocenters. The van der Waals surface area contributed by atoms with Crippen molar-refractivity contribution in [3.63, 3.8) is 0 Å². The largest absolute Gasteiger partial charge is 0.395 e. The molecule has 0 amide bonds. The summed E-state index contributed by atoms with van der Waals surface area (Å²) >= 11 is 5.76. The maximum atomic E-state index is 5.76. The van der Waals surface area contributed by atoms with E-state index >= 15 is 0 Å². The van der Waals surface area contributed by atoms with Crippen molar-refractivity contribution in [3.05, 3.63) is 46.8 Å². The van der Waals surface area contributed by atoms with Crippen molar-refractivity contribution in [2.45, 2.75) is 6.42 Å². The molecule has 72 valence electrons. The summed E-state index contributed by atoms with van der Waals surface area (Å²) < 4.78 is 4.99. The van der Waals surface area contributed by atoms with Gasteiger partial charge in [-0.3, -0.25) is 0 Å². The number of hydrogen-bond donors (Lipinski definition) is 1. The van der Waals surface area contributed by atoms with Gasteiger partial charge in [0.05, 0.1) is 11.9 Å². The van der Waals surface area contributed by atoms with Crippen LogP contribution in [-0.2, 0) is 6.42 Å². The molecule has 3 nitrogen and oxygen atoms in total. The molecule has 1 aromatic heterocycles. The second kappa shape index (κ2) is 3.72. The molecule has 0 unspecified atom stereocenters. The number of rotatable bonds is 2. The van der Waals surface area contributed by atoms with Crippen molar-refractivity contribution >= 4 is 17.3 Å². The molecule has 0 aliphatic rings. The van der Waals surface area contributed by atoms with Gasteiger partial charge in [0.15, 0.2) is 5.76 Å². The first kappa shape index (κ1) is 9.09. The summed E-state index contributed by atoms with van der Waals surface area (Å²) in [6.45, 7) is 0. The zero-order valence-corrected chi connectivity index (χ0v) is 8.16. The van der Waals surface area contributed by atoms with Crippen molar-refractivity contribution in [1.82, 2.24) is 5.16 Å². The number of hydrogen-bond acceptors (Lipinski definition) is 3. The monoisotopic (exact) mass is 208 g/mol. The summed E-state index contributed by atoms with van der Waals surface area (Å²) in [5, 5.41) is 4.33. The van der Waals surface area contributed by atoms with E-state index in [0.29, 0.717) is 17.9 Å².